The molecule has 0 aromatic heterocycles. The van der Waals surface area contributed by atoms with Crippen LogP contribution in [0.3, 0.4) is 0 Å². The minimum atomic E-state index is 0. The van der Waals surface area contributed by atoms with Crippen LogP contribution in [-0.4, -0.2) is 61.4 Å². The van der Waals surface area contributed by atoms with E-state index in [-0.39, 0.29) is 51.7 Å². The zero-order valence-corrected chi connectivity index (χ0v) is 9.24. The van der Waals surface area contributed by atoms with Crippen LogP contribution in [0.2, 0.25) is 0 Å². The normalized spacial score (nSPS) is 7.00. The van der Waals surface area contributed by atoms with Gasteiger partial charge < -0.3 is 2.85 Å². The summed E-state index contributed by atoms with van der Waals surface area (Å²) in [7, 11) is 0. The van der Waals surface area contributed by atoms with E-state index in [1.165, 1.54) is 0 Å². The van der Waals surface area contributed by atoms with Crippen molar-refractivity contribution < 1.29 is 7.14 Å². The van der Waals surface area contributed by atoms with Crippen molar-refractivity contribution in [1.29, 1.82) is 0 Å². The standard InChI is InChI=1S/C2H4Cl2O.Ba.2H/c3-1-2-5-4;;;/h1-2H2;;;/q;+2;2*-1. The van der Waals surface area contributed by atoms with E-state index in [2.05, 4.69) is 4.29 Å². The number of halogens is 2. The molecule has 0 rings (SSSR count). The van der Waals surface area contributed by atoms with Gasteiger partial charge in [0.2, 0.25) is 0 Å². The fraction of sp³-hybridized carbons (Fsp3) is 1.00. The van der Waals surface area contributed by atoms with Gasteiger partial charge in [0.25, 0.3) is 0 Å². The summed E-state index contributed by atoms with van der Waals surface area (Å²) in [5, 5.41) is 0. The van der Waals surface area contributed by atoms with Crippen molar-refractivity contribution in [3.63, 3.8) is 0 Å². The fourth-order valence-corrected chi connectivity index (χ4v) is 0.262. The molecular formula is C2H6BaCl2O. The van der Waals surface area contributed by atoms with Crippen LogP contribution in [0.1, 0.15) is 2.85 Å². The van der Waals surface area contributed by atoms with Crippen molar-refractivity contribution in [1.82, 2.24) is 0 Å². The van der Waals surface area contributed by atoms with Gasteiger partial charge in [0.1, 0.15) is 0 Å². The number of hydrogen-bond donors (Lipinski definition) is 0. The first-order valence-corrected chi connectivity index (χ1v) is 2.05. The van der Waals surface area contributed by atoms with E-state index in [9.17, 15) is 0 Å². The Balaban J connectivity index is -0.0000000267. The molecule has 36 valence electrons. The molecule has 0 fully saturated rings. The van der Waals surface area contributed by atoms with Gasteiger partial charge in [-0.3, -0.25) is 4.29 Å². The minimum absolute atomic E-state index is 0. The van der Waals surface area contributed by atoms with E-state index in [0.717, 1.165) is 0 Å². The summed E-state index contributed by atoms with van der Waals surface area (Å²) in [6.07, 6.45) is 0. The van der Waals surface area contributed by atoms with Crippen LogP contribution in [0.5, 0.6) is 0 Å². The van der Waals surface area contributed by atoms with Gasteiger partial charge in [-0.15, -0.1) is 11.6 Å². The van der Waals surface area contributed by atoms with Gasteiger partial charge >= 0.3 is 48.9 Å². The molecule has 0 radical (unpaired) electrons. The van der Waals surface area contributed by atoms with Crippen molar-refractivity contribution in [3.8, 4) is 0 Å². The molecule has 0 aromatic rings. The van der Waals surface area contributed by atoms with Crippen molar-refractivity contribution in [2.75, 3.05) is 12.5 Å². The molecule has 0 bridgehead atoms. The van der Waals surface area contributed by atoms with E-state index in [4.69, 9.17) is 23.5 Å². The molecule has 0 atom stereocenters. The van der Waals surface area contributed by atoms with Gasteiger partial charge in [-0.25, -0.2) is 0 Å². The zero-order valence-electron chi connectivity index (χ0n) is 5.29. The molecule has 4 heteroatoms. The molecule has 0 N–H and O–H groups in total. The summed E-state index contributed by atoms with van der Waals surface area (Å²) in [6.45, 7) is 0.420. The smallest absolute Gasteiger partial charge is 1.00 e. The maximum atomic E-state index is 5.09. The van der Waals surface area contributed by atoms with E-state index in [1.807, 2.05) is 0 Å². The summed E-state index contributed by atoms with van der Waals surface area (Å²) in [5.41, 5.74) is 0. The monoisotopic (exact) mass is 254 g/mol. The van der Waals surface area contributed by atoms with Crippen molar-refractivity contribution in [2.45, 2.75) is 0 Å². The molecule has 6 heavy (non-hydrogen) atoms. The van der Waals surface area contributed by atoms with Crippen LogP contribution in [0, 0.1) is 0 Å². The SMILES string of the molecule is ClCCOCl.[Ba+2].[H-].[H-]. The molecule has 0 saturated carbocycles. The first-order chi connectivity index (χ1) is 2.41. The summed E-state index contributed by atoms with van der Waals surface area (Å²) in [6, 6.07) is 0. The Kier molecular flexibility index (Phi) is 18.6. The Morgan fingerprint density at radius 2 is 2.17 bits per heavy atom. The van der Waals surface area contributed by atoms with E-state index < -0.39 is 0 Å². The maximum absolute atomic E-state index is 5.09. The average Bonchev–Trinajstić information content (AvgIpc) is 1.41. The summed E-state index contributed by atoms with van der Waals surface area (Å²) >= 11 is 9.81. The Hall–Kier alpha value is 2.11. The second-order valence-electron chi connectivity index (χ2n) is 0.502. The van der Waals surface area contributed by atoms with Gasteiger partial charge in [-0.1, -0.05) is 0 Å². The Morgan fingerprint density at radius 1 is 1.67 bits per heavy atom. The van der Waals surface area contributed by atoms with Crippen LogP contribution in [0.25, 0.3) is 0 Å². The van der Waals surface area contributed by atoms with E-state index in [0.29, 0.717) is 12.5 Å². The van der Waals surface area contributed by atoms with E-state index >= 15 is 0 Å². The molecular weight excluding hydrogens is 248 g/mol. The zero-order chi connectivity index (χ0) is 4.12. The molecule has 0 spiro atoms. The van der Waals surface area contributed by atoms with Gasteiger partial charge in [-0.2, -0.15) is 0 Å². The van der Waals surface area contributed by atoms with Crippen molar-refractivity contribution in [2.24, 2.45) is 0 Å². The minimum Gasteiger partial charge on any atom is -1.00 e. The fourth-order valence-electron chi connectivity index (χ4n) is 0.0292. The Bertz CT molecular complexity index is 25.5. The second-order valence-corrected chi connectivity index (χ2v) is 1.10. The third-order valence-electron chi connectivity index (χ3n) is 0.154. The molecule has 0 aliphatic heterocycles. The average molecular weight is 254 g/mol. The van der Waals surface area contributed by atoms with Crippen LogP contribution < -0.4 is 0 Å². The van der Waals surface area contributed by atoms with Crippen LogP contribution in [0.15, 0.2) is 0 Å². The third-order valence-corrected chi connectivity index (χ3v) is 0.463. The largest absolute Gasteiger partial charge is 2.00 e. The quantitative estimate of drug-likeness (QED) is 0.532. The molecule has 0 amide bonds. The van der Waals surface area contributed by atoms with Gasteiger partial charge in [0, 0.05) is 5.88 Å². The molecule has 0 unspecified atom stereocenters. The third kappa shape index (κ3) is 9.45. The summed E-state index contributed by atoms with van der Waals surface area (Å²) in [5.74, 6) is 0.462. The molecule has 0 aliphatic rings. The number of alkyl halides is 1. The van der Waals surface area contributed by atoms with Crippen molar-refractivity contribution >= 4 is 72.3 Å². The van der Waals surface area contributed by atoms with Crippen LogP contribution >= 0.6 is 23.5 Å². The van der Waals surface area contributed by atoms with Crippen LogP contribution in [0.4, 0.5) is 0 Å². The van der Waals surface area contributed by atoms with Gasteiger partial charge in [0.05, 0.1) is 18.5 Å². The summed E-state index contributed by atoms with van der Waals surface area (Å²) in [4.78, 5) is 0. The van der Waals surface area contributed by atoms with E-state index in [1.54, 1.807) is 0 Å². The van der Waals surface area contributed by atoms with Gasteiger partial charge in [-0.05, 0) is 0 Å². The van der Waals surface area contributed by atoms with Gasteiger partial charge in [0.15, 0.2) is 0 Å². The molecule has 0 aliphatic carbocycles. The summed E-state index contributed by atoms with van der Waals surface area (Å²) < 4.78 is 4.03. The number of hydrogen-bond acceptors (Lipinski definition) is 1. The number of rotatable bonds is 2. The Labute approximate surface area is 90.5 Å². The first kappa shape index (κ1) is 11.0. The topological polar surface area (TPSA) is 9.23 Å². The van der Waals surface area contributed by atoms with Crippen LogP contribution in [-0.2, 0) is 4.29 Å². The predicted octanol–water partition coefficient (Wildman–Crippen LogP) is 1.24. The molecule has 1 nitrogen and oxygen atoms in total. The predicted molar refractivity (Wildman–Crippen MR) is 30.5 cm³/mol. The maximum Gasteiger partial charge on any atom is 2.00 e. The molecule has 0 heterocycles. The first-order valence-electron chi connectivity index (χ1n) is 1.21. The molecule has 0 aromatic carbocycles. The second kappa shape index (κ2) is 10.2. The molecule has 0 saturated heterocycles. The van der Waals surface area contributed by atoms with Crippen molar-refractivity contribution in [3.05, 3.63) is 0 Å². The Morgan fingerprint density at radius 3 is 2.17 bits per heavy atom.